The zero-order valence-corrected chi connectivity index (χ0v) is 9.86. The van der Waals surface area contributed by atoms with Gasteiger partial charge in [-0.1, -0.05) is 11.6 Å². The van der Waals surface area contributed by atoms with E-state index in [2.05, 4.69) is 0 Å². The molecule has 0 aliphatic rings. The van der Waals surface area contributed by atoms with E-state index in [1.54, 1.807) is 25.1 Å². The molecule has 1 aromatic carbocycles. The van der Waals surface area contributed by atoms with Crippen LogP contribution in [-0.2, 0) is 4.79 Å². The fourth-order valence-electron chi connectivity index (χ4n) is 1.22. The number of carboxylic acids is 1. The van der Waals surface area contributed by atoms with Gasteiger partial charge in [0.25, 0.3) is 0 Å². The summed E-state index contributed by atoms with van der Waals surface area (Å²) in [6, 6.07) is 4.67. The highest BCUT2D eigenvalue weighted by molar-refractivity contribution is 6.30. The standard InChI is InChI=1S/C11H14ClNO3/c1-6(13)9-5-8(12)3-4-10(9)16-7(2)11(14)15/h3-7H,13H2,1-2H3,(H,14,15)/t6-,7?/m1/s1. The molecule has 1 aromatic rings. The molecule has 1 unspecified atom stereocenters. The van der Waals surface area contributed by atoms with Crippen molar-refractivity contribution in [3.63, 3.8) is 0 Å². The van der Waals surface area contributed by atoms with E-state index in [9.17, 15) is 4.79 Å². The molecule has 88 valence electrons. The lowest BCUT2D eigenvalue weighted by Gasteiger charge is -2.16. The summed E-state index contributed by atoms with van der Waals surface area (Å²) >= 11 is 5.83. The van der Waals surface area contributed by atoms with Gasteiger partial charge >= 0.3 is 5.97 Å². The van der Waals surface area contributed by atoms with E-state index < -0.39 is 12.1 Å². The number of carboxylic acid groups (broad SMARTS) is 1. The first-order valence-electron chi connectivity index (χ1n) is 4.86. The number of halogens is 1. The van der Waals surface area contributed by atoms with Crippen LogP contribution < -0.4 is 10.5 Å². The average molecular weight is 244 g/mol. The lowest BCUT2D eigenvalue weighted by molar-refractivity contribution is -0.144. The highest BCUT2D eigenvalue weighted by Crippen LogP contribution is 2.27. The molecule has 0 saturated heterocycles. The number of benzene rings is 1. The molecule has 16 heavy (non-hydrogen) atoms. The molecule has 3 N–H and O–H groups in total. The van der Waals surface area contributed by atoms with Crippen molar-refractivity contribution in [3.8, 4) is 5.75 Å². The smallest absolute Gasteiger partial charge is 0.344 e. The van der Waals surface area contributed by atoms with Gasteiger partial charge in [-0.25, -0.2) is 4.79 Å². The summed E-state index contributed by atoms with van der Waals surface area (Å²) in [5.41, 5.74) is 6.44. The average Bonchev–Trinajstić information content (AvgIpc) is 2.20. The van der Waals surface area contributed by atoms with Gasteiger partial charge in [0.05, 0.1) is 0 Å². The first-order chi connectivity index (χ1) is 7.41. The summed E-state index contributed by atoms with van der Waals surface area (Å²) in [5.74, 6) is -0.570. The van der Waals surface area contributed by atoms with Crippen molar-refractivity contribution in [2.75, 3.05) is 0 Å². The molecule has 2 atom stereocenters. The molecule has 0 amide bonds. The number of carbonyl (C=O) groups is 1. The summed E-state index contributed by atoms with van der Waals surface area (Å²) in [6.07, 6.45) is -0.918. The Hall–Kier alpha value is -1.26. The Morgan fingerprint density at radius 2 is 2.12 bits per heavy atom. The third-order valence-electron chi connectivity index (χ3n) is 2.11. The van der Waals surface area contributed by atoms with Crippen molar-refractivity contribution >= 4 is 17.6 Å². The lowest BCUT2D eigenvalue weighted by atomic mass is 10.1. The second-order valence-electron chi connectivity index (χ2n) is 3.57. The van der Waals surface area contributed by atoms with E-state index in [0.717, 1.165) is 0 Å². The minimum absolute atomic E-state index is 0.269. The molecule has 0 bridgehead atoms. The Morgan fingerprint density at radius 1 is 1.50 bits per heavy atom. The van der Waals surface area contributed by atoms with Crippen molar-refractivity contribution < 1.29 is 14.6 Å². The van der Waals surface area contributed by atoms with E-state index in [0.29, 0.717) is 16.3 Å². The van der Waals surface area contributed by atoms with E-state index >= 15 is 0 Å². The van der Waals surface area contributed by atoms with Crippen molar-refractivity contribution in [2.24, 2.45) is 5.73 Å². The van der Waals surface area contributed by atoms with Crippen LogP contribution in [0, 0.1) is 0 Å². The predicted octanol–water partition coefficient (Wildman–Crippen LogP) is 2.21. The molecule has 0 aromatic heterocycles. The molecule has 0 fully saturated rings. The maximum Gasteiger partial charge on any atom is 0.344 e. The molecule has 0 aliphatic heterocycles. The molecule has 1 rings (SSSR count). The van der Waals surface area contributed by atoms with Gasteiger partial charge in [-0.3, -0.25) is 0 Å². The Bertz CT molecular complexity index is 393. The second kappa shape index (κ2) is 5.18. The molecule has 0 saturated carbocycles. The van der Waals surface area contributed by atoms with Crippen LogP contribution in [0.4, 0.5) is 0 Å². The van der Waals surface area contributed by atoms with Gasteiger partial charge in [-0.15, -0.1) is 0 Å². The van der Waals surface area contributed by atoms with Crippen LogP contribution in [0.2, 0.25) is 5.02 Å². The number of rotatable bonds is 4. The minimum atomic E-state index is -1.02. The molecule has 0 spiro atoms. The van der Waals surface area contributed by atoms with Crippen molar-refractivity contribution in [2.45, 2.75) is 26.0 Å². The van der Waals surface area contributed by atoms with Crippen LogP contribution in [0.3, 0.4) is 0 Å². The summed E-state index contributed by atoms with van der Waals surface area (Å²) in [5, 5.41) is 9.29. The van der Waals surface area contributed by atoms with Gasteiger partial charge in [-0.05, 0) is 32.0 Å². The van der Waals surface area contributed by atoms with Crippen molar-refractivity contribution in [1.82, 2.24) is 0 Å². The maximum atomic E-state index is 10.7. The van der Waals surface area contributed by atoms with Gasteiger partial charge in [-0.2, -0.15) is 0 Å². The SMILES string of the molecule is CC(Oc1ccc(Cl)cc1[C@@H](C)N)C(=O)O. The number of hydrogen-bond donors (Lipinski definition) is 2. The second-order valence-corrected chi connectivity index (χ2v) is 4.01. The van der Waals surface area contributed by atoms with Crippen molar-refractivity contribution in [1.29, 1.82) is 0 Å². The summed E-state index contributed by atoms with van der Waals surface area (Å²) in [7, 11) is 0. The number of hydrogen-bond acceptors (Lipinski definition) is 3. The van der Waals surface area contributed by atoms with Gasteiger partial charge in [0.2, 0.25) is 0 Å². The third kappa shape index (κ3) is 3.12. The highest BCUT2D eigenvalue weighted by Gasteiger charge is 2.16. The normalized spacial score (nSPS) is 14.2. The van der Waals surface area contributed by atoms with Gasteiger partial charge in [0.1, 0.15) is 5.75 Å². The van der Waals surface area contributed by atoms with Gasteiger partial charge < -0.3 is 15.6 Å². The van der Waals surface area contributed by atoms with E-state index in [1.165, 1.54) is 6.92 Å². The first kappa shape index (κ1) is 12.8. The monoisotopic (exact) mass is 243 g/mol. The van der Waals surface area contributed by atoms with Crippen LogP contribution in [0.25, 0.3) is 0 Å². The molecule has 0 heterocycles. The predicted molar refractivity (Wildman–Crippen MR) is 61.8 cm³/mol. The number of aliphatic carboxylic acids is 1. The Balaban J connectivity index is 2.99. The summed E-state index contributed by atoms with van der Waals surface area (Å²) < 4.78 is 5.29. The van der Waals surface area contributed by atoms with Gasteiger partial charge in [0.15, 0.2) is 6.10 Å². The van der Waals surface area contributed by atoms with Crippen molar-refractivity contribution in [3.05, 3.63) is 28.8 Å². The minimum Gasteiger partial charge on any atom is -0.479 e. The van der Waals surface area contributed by atoms with Crippen LogP contribution >= 0.6 is 11.6 Å². The van der Waals surface area contributed by atoms with Crippen LogP contribution in [0.1, 0.15) is 25.5 Å². The summed E-state index contributed by atoms with van der Waals surface area (Å²) in [4.78, 5) is 10.7. The number of ether oxygens (including phenoxy) is 1. The molecule has 4 nitrogen and oxygen atoms in total. The zero-order valence-electron chi connectivity index (χ0n) is 9.11. The van der Waals surface area contributed by atoms with Crippen LogP contribution in [-0.4, -0.2) is 17.2 Å². The largest absolute Gasteiger partial charge is 0.479 e. The van der Waals surface area contributed by atoms with E-state index in [1.807, 2.05) is 0 Å². The maximum absolute atomic E-state index is 10.7. The molecule has 0 radical (unpaired) electrons. The Labute approximate surface area is 99.0 Å². The molecule has 0 aliphatic carbocycles. The molecule has 5 heteroatoms. The number of nitrogens with two attached hydrogens (primary N) is 1. The van der Waals surface area contributed by atoms with Gasteiger partial charge in [0, 0.05) is 16.6 Å². The van der Waals surface area contributed by atoms with Crippen LogP contribution in [0.15, 0.2) is 18.2 Å². The Morgan fingerprint density at radius 3 is 2.62 bits per heavy atom. The Kier molecular flexibility index (Phi) is 4.15. The molecular formula is C11H14ClNO3. The quantitative estimate of drug-likeness (QED) is 0.851. The lowest BCUT2D eigenvalue weighted by Crippen LogP contribution is -2.24. The van der Waals surface area contributed by atoms with E-state index in [4.69, 9.17) is 27.2 Å². The van der Waals surface area contributed by atoms with E-state index in [-0.39, 0.29) is 6.04 Å². The third-order valence-corrected chi connectivity index (χ3v) is 2.35. The topological polar surface area (TPSA) is 72.5 Å². The fraction of sp³-hybridized carbons (Fsp3) is 0.364. The first-order valence-corrected chi connectivity index (χ1v) is 5.24. The highest BCUT2D eigenvalue weighted by atomic mass is 35.5. The molecular weight excluding hydrogens is 230 g/mol. The van der Waals surface area contributed by atoms with Crippen LogP contribution in [0.5, 0.6) is 5.75 Å². The summed E-state index contributed by atoms with van der Waals surface area (Å²) in [6.45, 7) is 3.24. The fourth-order valence-corrected chi connectivity index (χ4v) is 1.40. The zero-order chi connectivity index (χ0) is 12.3.